The third-order valence-electron chi connectivity index (χ3n) is 8.29. The van der Waals surface area contributed by atoms with E-state index >= 15 is 0 Å². The second-order valence-corrected chi connectivity index (χ2v) is 11.2. The molecular formula is C40H24N6O. The second-order valence-electron chi connectivity index (χ2n) is 11.2. The average Bonchev–Trinajstić information content (AvgIpc) is 3.53. The smallest absolute Gasteiger partial charge is 0.230 e. The lowest BCUT2D eigenvalue weighted by Gasteiger charge is -2.12. The Morgan fingerprint density at radius 2 is 1.02 bits per heavy atom. The lowest BCUT2D eigenvalue weighted by atomic mass is 9.96. The van der Waals surface area contributed by atoms with Crippen LogP contribution in [-0.4, -0.2) is 29.9 Å². The molecule has 0 saturated carbocycles. The molecular weight excluding hydrogens is 580 g/mol. The molecule has 220 valence electrons. The fraction of sp³-hybridized carbons (Fsp3) is 0. The van der Waals surface area contributed by atoms with Gasteiger partial charge in [-0.2, -0.15) is 4.98 Å². The summed E-state index contributed by atoms with van der Waals surface area (Å²) in [6.45, 7) is 0. The molecule has 47 heavy (non-hydrogen) atoms. The van der Waals surface area contributed by atoms with Crippen LogP contribution in [0.5, 0.6) is 0 Å². The Morgan fingerprint density at radius 1 is 0.404 bits per heavy atom. The van der Waals surface area contributed by atoms with Crippen LogP contribution in [0.25, 0.3) is 89.7 Å². The normalized spacial score (nSPS) is 11.4. The molecule has 5 aromatic carbocycles. The maximum atomic E-state index is 6.05. The molecule has 7 nitrogen and oxygen atoms in total. The zero-order valence-corrected chi connectivity index (χ0v) is 24.9. The van der Waals surface area contributed by atoms with Crippen molar-refractivity contribution in [2.45, 2.75) is 0 Å². The van der Waals surface area contributed by atoms with Crippen LogP contribution in [0, 0.1) is 0 Å². The molecule has 7 heteroatoms. The first kappa shape index (κ1) is 26.8. The van der Waals surface area contributed by atoms with Crippen LogP contribution in [0.15, 0.2) is 150 Å². The standard InChI is InChI=1S/C40H24N6O/c1-3-11-25(12-4-1)36-43-37(26-13-5-2-6-14-26)45-38(44-36)28-16-9-15-27(23-28)29-18-10-19-32-30(29)21-22-41-35(32)39-42-24-33-31-17-7-8-20-34(31)47-40(33)46-39/h1-24H. The molecule has 0 atom stereocenters. The molecule has 0 saturated heterocycles. The lowest BCUT2D eigenvalue weighted by molar-refractivity contribution is 0.653. The number of fused-ring (bicyclic) bond motifs is 4. The number of furan rings is 1. The van der Waals surface area contributed by atoms with E-state index in [4.69, 9.17) is 34.3 Å². The largest absolute Gasteiger partial charge is 0.438 e. The van der Waals surface area contributed by atoms with Crippen LogP contribution >= 0.6 is 0 Å². The fourth-order valence-corrected chi connectivity index (χ4v) is 6.03. The summed E-state index contributed by atoms with van der Waals surface area (Å²) >= 11 is 0. The van der Waals surface area contributed by atoms with E-state index in [1.54, 1.807) is 0 Å². The molecule has 4 heterocycles. The van der Waals surface area contributed by atoms with Crippen LogP contribution in [0.4, 0.5) is 0 Å². The number of hydrogen-bond donors (Lipinski definition) is 0. The first-order valence-electron chi connectivity index (χ1n) is 15.3. The summed E-state index contributed by atoms with van der Waals surface area (Å²) in [5.74, 6) is 2.37. The monoisotopic (exact) mass is 604 g/mol. The van der Waals surface area contributed by atoms with E-state index in [1.165, 1.54) is 0 Å². The summed E-state index contributed by atoms with van der Waals surface area (Å²) < 4.78 is 6.05. The number of para-hydroxylation sites is 1. The third kappa shape index (κ3) is 4.78. The third-order valence-corrected chi connectivity index (χ3v) is 8.29. The Kier molecular flexibility index (Phi) is 6.31. The fourth-order valence-electron chi connectivity index (χ4n) is 6.03. The molecule has 0 aliphatic heterocycles. The Labute approximate surface area is 269 Å². The van der Waals surface area contributed by atoms with E-state index in [0.29, 0.717) is 34.7 Å². The van der Waals surface area contributed by atoms with Gasteiger partial charge in [0, 0.05) is 39.9 Å². The summed E-state index contributed by atoms with van der Waals surface area (Å²) in [4.78, 5) is 28.9. The molecule has 0 radical (unpaired) electrons. The van der Waals surface area contributed by atoms with Crippen LogP contribution in [0.2, 0.25) is 0 Å². The molecule has 0 aliphatic rings. The van der Waals surface area contributed by atoms with Crippen LogP contribution in [0.1, 0.15) is 0 Å². The summed E-state index contributed by atoms with van der Waals surface area (Å²) in [6.07, 6.45) is 3.63. The van der Waals surface area contributed by atoms with E-state index in [0.717, 1.165) is 54.9 Å². The molecule has 0 spiro atoms. The van der Waals surface area contributed by atoms with Crippen molar-refractivity contribution in [1.82, 2.24) is 29.9 Å². The highest BCUT2D eigenvalue weighted by Gasteiger charge is 2.17. The van der Waals surface area contributed by atoms with E-state index in [2.05, 4.69) is 24.3 Å². The average molecular weight is 605 g/mol. The first-order valence-corrected chi connectivity index (χ1v) is 15.3. The molecule has 0 aliphatic carbocycles. The van der Waals surface area contributed by atoms with Gasteiger partial charge in [0.25, 0.3) is 0 Å². The van der Waals surface area contributed by atoms with E-state index in [1.807, 2.05) is 122 Å². The highest BCUT2D eigenvalue weighted by atomic mass is 16.3. The molecule has 0 bridgehead atoms. The molecule has 9 rings (SSSR count). The van der Waals surface area contributed by atoms with Gasteiger partial charge >= 0.3 is 0 Å². The zero-order valence-electron chi connectivity index (χ0n) is 24.9. The van der Waals surface area contributed by atoms with Crippen molar-refractivity contribution in [3.05, 3.63) is 146 Å². The predicted octanol–water partition coefficient (Wildman–Crippen LogP) is 9.44. The second kappa shape index (κ2) is 11.1. The van der Waals surface area contributed by atoms with Crippen molar-refractivity contribution in [1.29, 1.82) is 0 Å². The quantitative estimate of drug-likeness (QED) is 0.193. The lowest BCUT2D eigenvalue weighted by Crippen LogP contribution is -2.00. The van der Waals surface area contributed by atoms with Gasteiger partial charge in [-0.25, -0.2) is 19.9 Å². The van der Waals surface area contributed by atoms with E-state index < -0.39 is 0 Å². The highest BCUT2D eigenvalue weighted by Crippen LogP contribution is 2.35. The topological polar surface area (TPSA) is 90.5 Å². The minimum absolute atomic E-state index is 0.514. The van der Waals surface area contributed by atoms with Crippen molar-refractivity contribution >= 4 is 32.8 Å². The molecule has 0 N–H and O–H groups in total. The first-order chi connectivity index (χ1) is 23.3. The number of hydrogen-bond acceptors (Lipinski definition) is 7. The highest BCUT2D eigenvalue weighted by molar-refractivity contribution is 6.05. The summed E-state index contributed by atoms with van der Waals surface area (Å²) in [5.41, 5.74) is 6.86. The van der Waals surface area contributed by atoms with Gasteiger partial charge < -0.3 is 4.42 Å². The Morgan fingerprint density at radius 3 is 1.79 bits per heavy atom. The zero-order chi connectivity index (χ0) is 31.2. The number of benzene rings is 5. The van der Waals surface area contributed by atoms with E-state index in [-0.39, 0.29) is 0 Å². The number of aromatic nitrogens is 6. The molecule has 0 amide bonds. The van der Waals surface area contributed by atoms with Crippen molar-refractivity contribution in [3.8, 4) is 56.8 Å². The van der Waals surface area contributed by atoms with Gasteiger partial charge in [-0.1, -0.05) is 115 Å². The van der Waals surface area contributed by atoms with Crippen LogP contribution < -0.4 is 0 Å². The van der Waals surface area contributed by atoms with Gasteiger partial charge in [0.05, 0.1) is 5.39 Å². The Bertz CT molecular complexity index is 2520. The van der Waals surface area contributed by atoms with Crippen molar-refractivity contribution in [2.75, 3.05) is 0 Å². The SMILES string of the molecule is c1ccc(-c2nc(-c3ccccc3)nc(-c3cccc(-c4cccc5c(-c6ncc7c(n6)oc6ccccc67)nccc45)c3)n2)cc1. The maximum Gasteiger partial charge on any atom is 0.230 e. The van der Waals surface area contributed by atoms with Crippen molar-refractivity contribution in [3.63, 3.8) is 0 Å². The Hall–Kier alpha value is -6.60. The Balaban J connectivity index is 1.16. The van der Waals surface area contributed by atoms with Gasteiger partial charge in [-0.3, -0.25) is 4.98 Å². The molecule has 0 unspecified atom stereocenters. The molecule has 4 aromatic heterocycles. The summed E-state index contributed by atoms with van der Waals surface area (Å²) in [5, 5.41) is 3.86. The summed E-state index contributed by atoms with van der Waals surface area (Å²) in [7, 11) is 0. The predicted molar refractivity (Wildman–Crippen MR) is 185 cm³/mol. The summed E-state index contributed by atoms with van der Waals surface area (Å²) in [6, 6.07) is 44.5. The van der Waals surface area contributed by atoms with Crippen molar-refractivity contribution in [2.24, 2.45) is 0 Å². The van der Waals surface area contributed by atoms with Crippen LogP contribution in [-0.2, 0) is 0 Å². The number of nitrogens with zero attached hydrogens (tertiary/aromatic N) is 6. The minimum Gasteiger partial charge on any atom is -0.438 e. The van der Waals surface area contributed by atoms with Gasteiger partial charge in [-0.15, -0.1) is 0 Å². The maximum absolute atomic E-state index is 6.05. The molecule has 0 fully saturated rings. The van der Waals surface area contributed by atoms with Gasteiger partial charge in [0.15, 0.2) is 23.3 Å². The molecule has 9 aromatic rings. The minimum atomic E-state index is 0.514. The van der Waals surface area contributed by atoms with Crippen LogP contribution in [0.3, 0.4) is 0 Å². The van der Waals surface area contributed by atoms with Gasteiger partial charge in [0.2, 0.25) is 5.71 Å². The van der Waals surface area contributed by atoms with Crippen molar-refractivity contribution < 1.29 is 4.42 Å². The van der Waals surface area contributed by atoms with E-state index in [9.17, 15) is 0 Å². The van der Waals surface area contributed by atoms with Gasteiger partial charge in [0.1, 0.15) is 11.3 Å². The number of pyridine rings is 1. The number of rotatable bonds is 5. The van der Waals surface area contributed by atoms with Gasteiger partial charge in [-0.05, 0) is 34.7 Å².